The fourth-order valence-electron chi connectivity index (χ4n) is 1.74. The summed E-state index contributed by atoms with van der Waals surface area (Å²) in [6.45, 7) is 4.50. The molecule has 0 saturated carbocycles. The third-order valence-corrected chi connectivity index (χ3v) is 2.77. The van der Waals surface area contributed by atoms with E-state index in [0.29, 0.717) is 0 Å². The number of methoxy groups -OCH3 is 1. The van der Waals surface area contributed by atoms with Crippen LogP contribution in [0.3, 0.4) is 0 Å². The quantitative estimate of drug-likeness (QED) is 0.704. The Hall–Kier alpha value is -0.930. The monoisotopic (exact) mass is 239 g/mol. The number of benzene rings is 1. The molecule has 0 fully saturated rings. The number of unbranched alkanes of at least 4 members (excludes halogenated alkanes) is 1. The summed E-state index contributed by atoms with van der Waals surface area (Å²) in [4.78, 5) is 0. The van der Waals surface area contributed by atoms with Gasteiger partial charge in [0.25, 0.3) is 0 Å². The van der Waals surface area contributed by atoms with Crippen molar-refractivity contribution in [3.05, 3.63) is 35.1 Å². The van der Waals surface area contributed by atoms with E-state index in [-0.39, 0.29) is 5.82 Å². The van der Waals surface area contributed by atoms with E-state index in [1.165, 1.54) is 5.56 Å². The molecular weight excluding hydrogens is 217 g/mol. The van der Waals surface area contributed by atoms with Gasteiger partial charge in [-0.05, 0) is 49.9 Å². The van der Waals surface area contributed by atoms with Gasteiger partial charge in [0.15, 0.2) is 0 Å². The van der Waals surface area contributed by atoms with E-state index in [2.05, 4.69) is 5.32 Å². The maximum Gasteiger partial charge on any atom is 0.126 e. The average molecular weight is 239 g/mol. The summed E-state index contributed by atoms with van der Waals surface area (Å²) in [5.41, 5.74) is 1.96. The summed E-state index contributed by atoms with van der Waals surface area (Å²) in [6.07, 6.45) is 3.29. The lowest BCUT2D eigenvalue weighted by Crippen LogP contribution is -2.20. The lowest BCUT2D eigenvalue weighted by molar-refractivity contribution is 0.199. The highest BCUT2D eigenvalue weighted by Gasteiger charge is 1.99. The minimum atomic E-state index is -0.116. The van der Waals surface area contributed by atoms with Gasteiger partial charge in [0.2, 0.25) is 0 Å². The number of hydrogen-bond donors (Lipinski definition) is 1. The van der Waals surface area contributed by atoms with Crippen LogP contribution < -0.4 is 5.32 Å². The zero-order chi connectivity index (χ0) is 12.5. The largest absolute Gasteiger partial charge is 0.383 e. The molecule has 0 unspecified atom stereocenters. The van der Waals surface area contributed by atoms with Gasteiger partial charge >= 0.3 is 0 Å². The van der Waals surface area contributed by atoms with Gasteiger partial charge in [-0.2, -0.15) is 0 Å². The average Bonchev–Trinajstić information content (AvgIpc) is 2.32. The summed E-state index contributed by atoms with van der Waals surface area (Å²) in [6, 6.07) is 5.37. The van der Waals surface area contributed by atoms with E-state index in [1.807, 2.05) is 19.1 Å². The first-order chi connectivity index (χ1) is 8.24. The third kappa shape index (κ3) is 5.80. The number of rotatable bonds is 8. The Morgan fingerprint density at radius 3 is 2.76 bits per heavy atom. The fourth-order valence-corrected chi connectivity index (χ4v) is 1.74. The molecule has 0 heterocycles. The molecule has 0 aliphatic heterocycles. The van der Waals surface area contributed by atoms with Crippen molar-refractivity contribution in [1.82, 2.24) is 5.32 Å². The summed E-state index contributed by atoms with van der Waals surface area (Å²) >= 11 is 0. The summed E-state index contributed by atoms with van der Waals surface area (Å²) in [7, 11) is 1.71. The summed E-state index contributed by atoms with van der Waals surface area (Å²) in [5, 5.41) is 3.31. The highest BCUT2D eigenvalue weighted by Crippen LogP contribution is 2.11. The van der Waals surface area contributed by atoms with E-state index in [4.69, 9.17) is 4.74 Å². The lowest BCUT2D eigenvalue weighted by atomic mass is 10.1. The molecule has 0 atom stereocenters. The fraction of sp³-hybridized carbons (Fsp3) is 0.571. The van der Waals surface area contributed by atoms with Crippen LogP contribution in [0, 0.1) is 12.7 Å². The number of ether oxygens (including phenoxy) is 1. The van der Waals surface area contributed by atoms with Crippen molar-refractivity contribution in [3.8, 4) is 0 Å². The third-order valence-electron chi connectivity index (χ3n) is 2.77. The maximum atomic E-state index is 13.0. The predicted octanol–water partition coefficient (Wildman–Crippen LogP) is 2.69. The highest BCUT2D eigenvalue weighted by molar-refractivity contribution is 5.23. The minimum Gasteiger partial charge on any atom is -0.383 e. The summed E-state index contributed by atoms with van der Waals surface area (Å²) in [5.74, 6) is -0.116. The second-order valence-corrected chi connectivity index (χ2v) is 4.28. The van der Waals surface area contributed by atoms with Gasteiger partial charge in [-0.1, -0.05) is 12.1 Å². The maximum absolute atomic E-state index is 13.0. The molecule has 0 aliphatic rings. The molecule has 1 aromatic carbocycles. The van der Waals surface area contributed by atoms with E-state index < -0.39 is 0 Å². The molecule has 0 bridgehead atoms. The van der Waals surface area contributed by atoms with Crippen molar-refractivity contribution >= 4 is 0 Å². The van der Waals surface area contributed by atoms with Crippen molar-refractivity contribution in [2.24, 2.45) is 0 Å². The minimum absolute atomic E-state index is 0.116. The molecule has 17 heavy (non-hydrogen) atoms. The Morgan fingerprint density at radius 2 is 2.06 bits per heavy atom. The van der Waals surface area contributed by atoms with Gasteiger partial charge in [-0.3, -0.25) is 0 Å². The van der Waals surface area contributed by atoms with Crippen LogP contribution in [0.4, 0.5) is 4.39 Å². The molecule has 0 aromatic heterocycles. The Bertz CT molecular complexity index is 328. The van der Waals surface area contributed by atoms with Crippen LogP contribution in [0.5, 0.6) is 0 Å². The van der Waals surface area contributed by atoms with E-state index >= 15 is 0 Å². The van der Waals surface area contributed by atoms with Crippen LogP contribution >= 0.6 is 0 Å². The molecule has 1 N–H and O–H groups in total. The smallest absolute Gasteiger partial charge is 0.126 e. The molecule has 0 spiro atoms. The Morgan fingerprint density at radius 1 is 1.24 bits per heavy atom. The number of nitrogens with one attached hydrogen (secondary N) is 1. The van der Waals surface area contributed by atoms with Crippen molar-refractivity contribution < 1.29 is 9.13 Å². The number of halogens is 1. The summed E-state index contributed by atoms with van der Waals surface area (Å²) < 4.78 is 18.0. The normalized spacial score (nSPS) is 10.8. The van der Waals surface area contributed by atoms with E-state index in [9.17, 15) is 4.39 Å². The Kier molecular flexibility index (Phi) is 6.82. The molecule has 1 aromatic rings. The topological polar surface area (TPSA) is 21.3 Å². The Balaban J connectivity index is 2.11. The second-order valence-electron chi connectivity index (χ2n) is 4.28. The number of aryl methyl sites for hydroxylation is 2. The molecule has 0 aliphatic carbocycles. The van der Waals surface area contributed by atoms with Gasteiger partial charge in [0.05, 0.1) is 6.61 Å². The van der Waals surface area contributed by atoms with Crippen LogP contribution in [0.15, 0.2) is 18.2 Å². The van der Waals surface area contributed by atoms with Crippen molar-refractivity contribution in [1.29, 1.82) is 0 Å². The molecule has 0 radical (unpaired) electrons. The van der Waals surface area contributed by atoms with Crippen LogP contribution in [0.2, 0.25) is 0 Å². The SMILES string of the molecule is COCCNCCCCc1ccc(F)c(C)c1. The number of hydrogen-bond acceptors (Lipinski definition) is 2. The van der Waals surface area contributed by atoms with Gasteiger partial charge in [0, 0.05) is 13.7 Å². The van der Waals surface area contributed by atoms with Crippen molar-refractivity contribution in [2.75, 3.05) is 26.8 Å². The van der Waals surface area contributed by atoms with Gasteiger partial charge in [-0.25, -0.2) is 4.39 Å². The van der Waals surface area contributed by atoms with Crippen LogP contribution in [-0.2, 0) is 11.2 Å². The van der Waals surface area contributed by atoms with Gasteiger partial charge in [0.1, 0.15) is 5.82 Å². The lowest BCUT2D eigenvalue weighted by Gasteiger charge is -2.05. The first-order valence-corrected chi connectivity index (χ1v) is 6.18. The van der Waals surface area contributed by atoms with Crippen molar-refractivity contribution in [2.45, 2.75) is 26.2 Å². The molecule has 96 valence electrons. The zero-order valence-electron chi connectivity index (χ0n) is 10.8. The van der Waals surface area contributed by atoms with E-state index in [0.717, 1.165) is 44.5 Å². The Labute approximate surface area is 103 Å². The van der Waals surface area contributed by atoms with Gasteiger partial charge < -0.3 is 10.1 Å². The van der Waals surface area contributed by atoms with Crippen LogP contribution in [0.1, 0.15) is 24.0 Å². The van der Waals surface area contributed by atoms with Crippen LogP contribution in [-0.4, -0.2) is 26.8 Å². The first-order valence-electron chi connectivity index (χ1n) is 6.18. The molecule has 0 saturated heterocycles. The highest BCUT2D eigenvalue weighted by atomic mass is 19.1. The van der Waals surface area contributed by atoms with Crippen LogP contribution in [0.25, 0.3) is 0 Å². The van der Waals surface area contributed by atoms with Crippen molar-refractivity contribution in [3.63, 3.8) is 0 Å². The molecule has 1 rings (SSSR count). The first kappa shape index (κ1) is 14.1. The molecular formula is C14H22FNO. The predicted molar refractivity (Wildman–Crippen MR) is 68.8 cm³/mol. The van der Waals surface area contributed by atoms with E-state index in [1.54, 1.807) is 13.2 Å². The second kappa shape index (κ2) is 8.20. The van der Waals surface area contributed by atoms with Gasteiger partial charge in [-0.15, -0.1) is 0 Å². The molecule has 0 amide bonds. The zero-order valence-corrected chi connectivity index (χ0v) is 10.8. The standard InChI is InChI=1S/C14H22FNO/c1-12-11-13(6-7-14(12)15)5-3-4-8-16-9-10-17-2/h6-7,11,16H,3-5,8-10H2,1-2H3. The molecule has 2 nitrogen and oxygen atoms in total. The molecule has 3 heteroatoms.